The van der Waals surface area contributed by atoms with Crippen LogP contribution >= 0.6 is 24.2 Å². The van der Waals surface area contributed by atoms with Crippen molar-refractivity contribution >= 4 is 30.1 Å². The van der Waals surface area contributed by atoms with E-state index in [-0.39, 0.29) is 29.5 Å². The molecule has 0 aliphatic carbocycles. The van der Waals surface area contributed by atoms with Gasteiger partial charge in [-0.2, -0.15) is 0 Å². The minimum absolute atomic E-state index is 0. The summed E-state index contributed by atoms with van der Waals surface area (Å²) in [5.74, 6) is 0.531. The maximum atomic E-state index is 13.4. The highest BCUT2D eigenvalue weighted by molar-refractivity contribution is 7.99. The zero-order valence-corrected chi connectivity index (χ0v) is 13.8. The molecule has 1 aliphatic rings. The van der Waals surface area contributed by atoms with Crippen LogP contribution in [-0.4, -0.2) is 36.2 Å². The molecule has 1 saturated heterocycles. The number of hydrogen-bond donors (Lipinski definition) is 1. The van der Waals surface area contributed by atoms with Crippen molar-refractivity contribution in [3.8, 4) is 0 Å². The van der Waals surface area contributed by atoms with Crippen LogP contribution in [0, 0.1) is 11.2 Å². The van der Waals surface area contributed by atoms with Gasteiger partial charge in [-0.05, 0) is 30.5 Å². The first-order valence-corrected chi connectivity index (χ1v) is 7.88. The molecule has 1 aliphatic heterocycles. The lowest BCUT2D eigenvalue weighted by molar-refractivity contribution is -0.130. The van der Waals surface area contributed by atoms with Gasteiger partial charge in [-0.25, -0.2) is 4.39 Å². The van der Waals surface area contributed by atoms with Gasteiger partial charge in [0.05, 0.1) is 0 Å². The Labute approximate surface area is 135 Å². The van der Waals surface area contributed by atoms with E-state index < -0.39 is 0 Å². The summed E-state index contributed by atoms with van der Waals surface area (Å²) in [6.07, 6.45) is 1.41. The van der Waals surface area contributed by atoms with Crippen molar-refractivity contribution in [3.63, 3.8) is 0 Å². The number of nitrogens with zero attached hydrogens (tertiary/aromatic N) is 1. The topological polar surface area (TPSA) is 46.3 Å². The minimum Gasteiger partial charge on any atom is -0.342 e. The van der Waals surface area contributed by atoms with Gasteiger partial charge in [0.2, 0.25) is 5.91 Å². The highest BCUT2D eigenvalue weighted by atomic mass is 35.5. The summed E-state index contributed by atoms with van der Waals surface area (Å²) in [6, 6.07) is 6.66. The number of likely N-dealkylation sites (tertiary alicyclic amines) is 1. The number of carbonyl (C=O) groups excluding carboxylic acids is 1. The number of halogens is 2. The minimum atomic E-state index is -0.221. The lowest BCUT2D eigenvalue weighted by Crippen LogP contribution is -2.34. The monoisotopic (exact) mass is 332 g/mol. The second-order valence-corrected chi connectivity index (χ2v) is 6.75. The third-order valence-corrected chi connectivity index (χ3v) is 4.86. The molecule has 0 bridgehead atoms. The van der Waals surface area contributed by atoms with E-state index in [0.29, 0.717) is 23.6 Å². The van der Waals surface area contributed by atoms with Crippen molar-refractivity contribution < 1.29 is 9.18 Å². The smallest absolute Gasteiger partial charge is 0.223 e. The molecule has 1 fully saturated rings. The Morgan fingerprint density at radius 2 is 2.19 bits per heavy atom. The lowest BCUT2D eigenvalue weighted by atomic mass is 9.90. The number of carbonyl (C=O) groups is 1. The molecule has 0 saturated carbocycles. The molecule has 3 nitrogen and oxygen atoms in total. The molecular weight excluding hydrogens is 311 g/mol. The van der Waals surface area contributed by atoms with E-state index >= 15 is 0 Å². The zero-order valence-electron chi connectivity index (χ0n) is 12.2. The molecular formula is C15H22ClFN2OS. The third kappa shape index (κ3) is 4.87. The maximum Gasteiger partial charge on any atom is 0.223 e. The number of rotatable bonds is 5. The summed E-state index contributed by atoms with van der Waals surface area (Å²) in [5.41, 5.74) is 5.80. The van der Waals surface area contributed by atoms with Crippen LogP contribution in [0.25, 0.3) is 0 Å². The summed E-state index contributed by atoms with van der Waals surface area (Å²) in [7, 11) is 0. The van der Waals surface area contributed by atoms with Crippen molar-refractivity contribution in [2.24, 2.45) is 11.1 Å². The Kier molecular flexibility index (Phi) is 6.97. The molecule has 0 spiro atoms. The molecule has 0 radical (unpaired) electrons. The Balaban J connectivity index is 0.00000220. The number of benzene rings is 1. The van der Waals surface area contributed by atoms with Crippen LogP contribution in [0.3, 0.4) is 0 Å². The normalized spacial score (nSPS) is 21.2. The fourth-order valence-electron chi connectivity index (χ4n) is 2.37. The largest absolute Gasteiger partial charge is 0.342 e. The van der Waals surface area contributed by atoms with Crippen LogP contribution in [0.2, 0.25) is 0 Å². The van der Waals surface area contributed by atoms with Gasteiger partial charge in [-0.3, -0.25) is 4.79 Å². The fraction of sp³-hybridized carbons (Fsp3) is 0.533. The predicted octanol–water partition coefficient (Wildman–Crippen LogP) is 2.93. The molecule has 0 aromatic heterocycles. The highest BCUT2D eigenvalue weighted by Gasteiger charge is 2.34. The van der Waals surface area contributed by atoms with E-state index in [0.717, 1.165) is 19.5 Å². The van der Waals surface area contributed by atoms with Gasteiger partial charge in [-0.15, -0.1) is 24.2 Å². The standard InChI is InChI=1S/C15H21FN2OS.ClH/c1-15(10-17)7-8-18(11-15)14(19)6-9-20-13-5-3-2-4-12(13)16;/h2-5H,6-11,17H2,1H3;1H. The van der Waals surface area contributed by atoms with Crippen molar-refractivity contribution in [1.82, 2.24) is 4.90 Å². The van der Waals surface area contributed by atoms with Gasteiger partial charge in [0.1, 0.15) is 5.82 Å². The van der Waals surface area contributed by atoms with Crippen LogP contribution in [0.1, 0.15) is 19.8 Å². The van der Waals surface area contributed by atoms with Gasteiger partial charge >= 0.3 is 0 Å². The maximum absolute atomic E-state index is 13.4. The second-order valence-electron chi connectivity index (χ2n) is 5.61. The zero-order chi connectivity index (χ0) is 14.6. The Bertz CT molecular complexity index is 488. The molecule has 6 heteroatoms. The van der Waals surface area contributed by atoms with E-state index in [1.807, 2.05) is 4.90 Å². The van der Waals surface area contributed by atoms with Crippen LogP contribution < -0.4 is 5.73 Å². The first-order valence-electron chi connectivity index (χ1n) is 6.89. The molecule has 1 heterocycles. The first-order chi connectivity index (χ1) is 9.54. The lowest BCUT2D eigenvalue weighted by Gasteiger charge is -2.22. The average Bonchev–Trinajstić information content (AvgIpc) is 2.84. The summed E-state index contributed by atoms with van der Waals surface area (Å²) in [6.45, 7) is 4.26. The molecule has 1 aromatic carbocycles. The van der Waals surface area contributed by atoms with Crippen molar-refractivity contribution in [1.29, 1.82) is 0 Å². The number of nitrogens with two attached hydrogens (primary N) is 1. The van der Waals surface area contributed by atoms with Gasteiger partial charge < -0.3 is 10.6 Å². The van der Waals surface area contributed by atoms with Crippen LogP contribution in [0.5, 0.6) is 0 Å². The molecule has 118 valence electrons. The third-order valence-electron chi connectivity index (χ3n) is 3.81. The van der Waals surface area contributed by atoms with Crippen LogP contribution in [-0.2, 0) is 4.79 Å². The van der Waals surface area contributed by atoms with Crippen molar-refractivity contribution in [3.05, 3.63) is 30.1 Å². The first kappa shape index (κ1) is 18.3. The fourth-order valence-corrected chi connectivity index (χ4v) is 3.25. The van der Waals surface area contributed by atoms with E-state index in [1.54, 1.807) is 18.2 Å². The van der Waals surface area contributed by atoms with E-state index in [1.165, 1.54) is 17.8 Å². The van der Waals surface area contributed by atoms with E-state index in [9.17, 15) is 9.18 Å². The molecule has 2 rings (SSSR count). The van der Waals surface area contributed by atoms with Crippen molar-refractivity contribution in [2.45, 2.75) is 24.7 Å². The van der Waals surface area contributed by atoms with Gasteiger partial charge in [0.15, 0.2) is 0 Å². The molecule has 21 heavy (non-hydrogen) atoms. The second kappa shape index (κ2) is 8.01. The van der Waals surface area contributed by atoms with Crippen molar-refractivity contribution in [2.75, 3.05) is 25.4 Å². The van der Waals surface area contributed by atoms with Gasteiger partial charge in [-0.1, -0.05) is 19.1 Å². The predicted molar refractivity (Wildman–Crippen MR) is 87.3 cm³/mol. The quantitative estimate of drug-likeness (QED) is 0.843. The molecule has 1 amide bonds. The Hall–Kier alpha value is -0.780. The molecule has 1 aromatic rings. The summed E-state index contributed by atoms with van der Waals surface area (Å²) in [4.78, 5) is 14.6. The number of thioether (sulfide) groups is 1. The summed E-state index contributed by atoms with van der Waals surface area (Å²) in [5, 5.41) is 0. The summed E-state index contributed by atoms with van der Waals surface area (Å²) < 4.78 is 13.4. The van der Waals surface area contributed by atoms with E-state index in [4.69, 9.17) is 5.73 Å². The average molecular weight is 333 g/mol. The van der Waals surface area contributed by atoms with Crippen LogP contribution in [0.4, 0.5) is 4.39 Å². The molecule has 1 unspecified atom stereocenters. The van der Waals surface area contributed by atoms with Gasteiger partial charge in [0.25, 0.3) is 0 Å². The van der Waals surface area contributed by atoms with E-state index in [2.05, 4.69) is 6.92 Å². The SMILES string of the molecule is CC1(CN)CCN(C(=O)CCSc2ccccc2F)C1.Cl. The summed E-state index contributed by atoms with van der Waals surface area (Å²) >= 11 is 1.39. The van der Waals surface area contributed by atoms with Crippen LogP contribution in [0.15, 0.2) is 29.2 Å². The molecule has 2 N–H and O–H groups in total. The number of hydrogen-bond acceptors (Lipinski definition) is 3. The Morgan fingerprint density at radius 1 is 1.48 bits per heavy atom. The molecule has 1 atom stereocenters. The Morgan fingerprint density at radius 3 is 2.81 bits per heavy atom. The highest BCUT2D eigenvalue weighted by Crippen LogP contribution is 2.29. The number of amides is 1. The van der Waals surface area contributed by atoms with Gasteiger partial charge in [0, 0.05) is 30.2 Å².